The zero-order chi connectivity index (χ0) is 14.1. The van der Waals surface area contributed by atoms with Gasteiger partial charge in [0.05, 0.1) is 5.92 Å². The van der Waals surface area contributed by atoms with Crippen LogP contribution in [0.3, 0.4) is 0 Å². The minimum atomic E-state index is -0.873. The standard InChI is InChI=1S/C14H20O4/c1-8(13(17)18)5-9-6-11(15)12(16)7-10(9)14(2,3)4/h6-8,15-16H,5H2,1-4H3,(H,17,18)/t8-/m0/s1. The summed E-state index contributed by atoms with van der Waals surface area (Å²) >= 11 is 0. The van der Waals surface area contributed by atoms with Crippen LogP contribution in [0.2, 0.25) is 0 Å². The van der Waals surface area contributed by atoms with Gasteiger partial charge < -0.3 is 15.3 Å². The number of benzene rings is 1. The number of phenolic OH excluding ortho intramolecular Hbond substituents is 2. The van der Waals surface area contributed by atoms with Gasteiger partial charge in [0.25, 0.3) is 0 Å². The second-order valence-corrected chi connectivity index (χ2v) is 5.69. The van der Waals surface area contributed by atoms with Crippen molar-refractivity contribution in [3.05, 3.63) is 23.3 Å². The van der Waals surface area contributed by atoms with Crippen LogP contribution in [0.4, 0.5) is 0 Å². The lowest BCUT2D eigenvalue weighted by Gasteiger charge is -2.24. The van der Waals surface area contributed by atoms with Crippen molar-refractivity contribution < 1.29 is 20.1 Å². The van der Waals surface area contributed by atoms with E-state index in [0.717, 1.165) is 11.1 Å². The van der Waals surface area contributed by atoms with Gasteiger partial charge in [-0.25, -0.2) is 0 Å². The van der Waals surface area contributed by atoms with Gasteiger partial charge in [-0.15, -0.1) is 0 Å². The van der Waals surface area contributed by atoms with Gasteiger partial charge in [-0.1, -0.05) is 27.7 Å². The van der Waals surface area contributed by atoms with E-state index >= 15 is 0 Å². The third-order valence-corrected chi connectivity index (χ3v) is 2.96. The molecular weight excluding hydrogens is 232 g/mol. The maximum atomic E-state index is 10.9. The zero-order valence-corrected chi connectivity index (χ0v) is 11.2. The lowest BCUT2D eigenvalue weighted by molar-refractivity contribution is -0.141. The molecule has 0 aliphatic carbocycles. The van der Waals surface area contributed by atoms with Gasteiger partial charge in [-0.3, -0.25) is 4.79 Å². The van der Waals surface area contributed by atoms with Crippen LogP contribution in [-0.2, 0) is 16.6 Å². The molecule has 1 aromatic carbocycles. The molecule has 0 unspecified atom stereocenters. The highest BCUT2D eigenvalue weighted by atomic mass is 16.4. The predicted molar refractivity (Wildman–Crippen MR) is 69.0 cm³/mol. The molecule has 4 nitrogen and oxygen atoms in total. The Balaban J connectivity index is 3.24. The van der Waals surface area contributed by atoms with Crippen LogP contribution in [-0.4, -0.2) is 21.3 Å². The minimum absolute atomic E-state index is 0.174. The van der Waals surface area contributed by atoms with Crippen molar-refractivity contribution in [3.8, 4) is 11.5 Å². The van der Waals surface area contributed by atoms with E-state index in [9.17, 15) is 15.0 Å². The predicted octanol–water partition coefficient (Wildman–Crippen LogP) is 2.66. The lowest BCUT2D eigenvalue weighted by atomic mass is 9.81. The first-order chi connectivity index (χ1) is 8.12. The van der Waals surface area contributed by atoms with Crippen molar-refractivity contribution in [2.45, 2.75) is 39.5 Å². The van der Waals surface area contributed by atoms with Crippen molar-refractivity contribution in [2.75, 3.05) is 0 Å². The van der Waals surface area contributed by atoms with Crippen LogP contribution < -0.4 is 0 Å². The zero-order valence-electron chi connectivity index (χ0n) is 11.2. The number of hydrogen-bond donors (Lipinski definition) is 3. The molecule has 0 aromatic heterocycles. The maximum Gasteiger partial charge on any atom is 0.306 e. The van der Waals surface area contributed by atoms with Crippen molar-refractivity contribution in [3.63, 3.8) is 0 Å². The van der Waals surface area contributed by atoms with Crippen LogP contribution in [0, 0.1) is 5.92 Å². The summed E-state index contributed by atoms with van der Waals surface area (Å²) in [5, 5.41) is 28.1. The molecule has 0 saturated carbocycles. The Morgan fingerprint density at radius 3 is 2.17 bits per heavy atom. The van der Waals surface area contributed by atoms with Crippen LogP contribution >= 0.6 is 0 Å². The van der Waals surface area contributed by atoms with E-state index in [1.54, 1.807) is 6.92 Å². The number of aliphatic carboxylic acids is 1. The lowest BCUT2D eigenvalue weighted by Crippen LogP contribution is -2.18. The number of carboxylic acids is 1. The van der Waals surface area contributed by atoms with E-state index in [4.69, 9.17) is 5.11 Å². The SMILES string of the molecule is C[C@@H](Cc1cc(O)c(O)cc1C(C)(C)C)C(=O)O. The van der Waals surface area contributed by atoms with Crippen LogP contribution in [0.5, 0.6) is 11.5 Å². The Bertz CT molecular complexity index is 458. The molecule has 1 atom stereocenters. The van der Waals surface area contributed by atoms with Crippen LogP contribution in [0.25, 0.3) is 0 Å². The monoisotopic (exact) mass is 252 g/mol. The van der Waals surface area contributed by atoms with E-state index in [2.05, 4.69) is 0 Å². The molecule has 100 valence electrons. The van der Waals surface area contributed by atoms with E-state index in [-0.39, 0.29) is 16.9 Å². The average Bonchev–Trinajstić information content (AvgIpc) is 2.21. The number of hydrogen-bond acceptors (Lipinski definition) is 3. The number of rotatable bonds is 3. The fourth-order valence-corrected chi connectivity index (χ4v) is 1.90. The fourth-order valence-electron chi connectivity index (χ4n) is 1.90. The number of carboxylic acid groups (broad SMARTS) is 1. The van der Waals surface area contributed by atoms with Gasteiger partial charge in [0.2, 0.25) is 0 Å². The summed E-state index contributed by atoms with van der Waals surface area (Å²) in [6.45, 7) is 7.56. The quantitative estimate of drug-likeness (QED) is 0.723. The molecule has 0 fully saturated rings. The second kappa shape index (κ2) is 4.88. The number of phenols is 2. The average molecular weight is 252 g/mol. The Hall–Kier alpha value is -1.71. The fraction of sp³-hybridized carbons (Fsp3) is 0.500. The smallest absolute Gasteiger partial charge is 0.306 e. The molecule has 1 aromatic rings. The molecule has 0 spiro atoms. The highest BCUT2D eigenvalue weighted by Gasteiger charge is 2.23. The molecule has 0 bridgehead atoms. The van der Waals surface area contributed by atoms with Crippen molar-refractivity contribution in [2.24, 2.45) is 5.92 Å². The minimum Gasteiger partial charge on any atom is -0.504 e. The number of carbonyl (C=O) groups is 1. The molecule has 0 saturated heterocycles. The molecule has 18 heavy (non-hydrogen) atoms. The van der Waals surface area contributed by atoms with Crippen LogP contribution in [0.1, 0.15) is 38.8 Å². The van der Waals surface area contributed by atoms with E-state index in [1.165, 1.54) is 12.1 Å². The van der Waals surface area contributed by atoms with Crippen molar-refractivity contribution in [1.29, 1.82) is 0 Å². The topological polar surface area (TPSA) is 77.8 Å². The number of aromatic hydroxyl groups is 2. The summed E-state index contributed by atoms with van der Waals surface area (Å²) in [4.78, 5) is 10.9. The molecule has 0 radical (unpaired) electrons. The summed E-state index contributed by atoms with van der Waals surface area (Å²) in [5.41, 5.74) is 1.39. The van der Waals surface area contributed by atoms with Crippen LogP contribution in [0.15, 0.2) is 12.1 Å². The van der Waals surface area contributed by atoms with Gasteiger partial charge in [0.15, 0.2) is 11.5 Å². The summed E-state index contributed by atoms with van der Waals surface area (Å²) in [6.07, 6.45) is 0.329. The van der Waals surface area contributed by atoms with Gasteiger partial charge in [-0.05, 0) is 35.1 Å². The molecule has 3 N–H and O–H groups in total. The van der Waals surface area contributed by atoms with Gasteiger partial charge in [-0.2, -0.15) is 0 Å². The van der Waals surface area contributed by atoms with E-state index in [0.29, 0.717) is 6.42 Å². The molecular formula is C14H20O4. The highest BCUT2D eigenvalue weighted by molar-refractivity contribution is 5.70. The molecule has 0 aliphatic rings. The molecule has 0 amide bonds. The summed E-state index contributed by atoms with van der Waals surface area (Å²) in [7, 11) is 0. The third kappa shape index (κ3) is 3.15. The molecule has 1 rings (SSSR count). The van der Waals surface area contributed by atoms with Gasteiger partial charge in [0, 0.05) is 0 Å². The van der Waals surface area contributed by atoms with E-state index < -0.39 is 11.9 Å². The van der Waals surface area contributed by atoms with E-state index in [1.807, 2.05) is 20.8 Å². The van der Waals surface area contributed by atoms with Gasteiger partial charge in [0.1, 0.15) is 0 Å². The molecule has 0 aliphatic heterocycles. The first kappa shape index (κ1) is 14.4. The Labute approximate surface area is 107 Å². The Morgan fingerprint density at radius 2 is 1.72 bits per heavy atom. The molecule has 4 heteroatoms. The molecule has 0 heterocycles. The summed E-state index contributed by atoms with van der Waals surface area (Å²) in [6, 6.07) is 2.97. The first-order valence-corrected chi connectivity index (χ1v) is 5.91. The highest BCUT2D eigenvalue weighted by Crippen LogP contribution is 2.35. The summed E-state index contributed by atoms with van der Waals surface area (Å²) in [5.74, 6) is -1.79. The Kier molecular flexibility index (Phi) is 3.89. The second-order valence-electron chi connectivity index (χ2n) is 5.69. The van der Waals surface area contributed by atoms with Crippen molar-refractivity contribution >= 4 is 5.97 Å². The third-order valence-electron chi connectivity index (χ3n) is 2.96. The largest absolute Gasteiger partial charge is 0.504 e. The van der Waals surface area contributed by atoms with Crippen molar-refractivity contribution in [1.82, 2.24) is 0 Å². The summed E-state index contributed by atoms with van der Waals surface area (Å²) < 4.78 is 0. The normalized spacial score (nSPS) is 13.3. The maximum absolute atomic E-state index is 10.9. The van der Waals surface area contributed by atoms with Gasteiger partial charge >= 0.3 is 5.97 Å². The Morgan fingerprint density at radius 1 is 1.22 bits per heavy atom. The first-order valence-electron chi connectivity index (χ1n) is 5.91.